The molecule has 2 rings (SSSR count). The average Bonchev–Trinajstić information content (AvgIpc) is 2.81. The van der Waals surface area contributed by atoms with Gasteiger partial charge in [0.05, 0.1) is 0 Å². The Hall–Kier alpha value is -1.51. The molecule has 0 spiro atoms. The lowest BCUT2D eigenvalue weighted by Gasteiger charge is -2.11. The molecule has 1 aromatic rings. The summed E-state index contributed by atoms with van der Waals surface area (Å²) in [5, 5.41) is 3.10. The second-order valence-electron chi connectivity index (χ2n) is 4.79. The second-order valence-corrected chi connectivity index (χ2v) is 4.79. The van der Waals surface area contributed by atoms with E-state index in [1.807, 2.05) is 24.3 Å². The van der Waals surface area contributed by atoms with Gasteiger partial charge in [0.25, 0.3) is 0 Å². The van der Waals surface area contributed by atoms with Gasteiger partial charge in [-0.15, -0.1) is 0 Å². The molecule has 3 heteroatoms. The van der Waals surface area contributed by atoms with Crippen molar-refractivity contribution in [2.24, 2.45) is 0 Å². The van der Waals surface area contributed by atoms with E-state index >= 15 is 0 Å². The van der Waals surface area contributed by atoms with E-state index in [2.05, 4.69) is 5.32 Å². The number of nitrogens with one attached hydrogen (secondary N) is 1. The van der Waals surface area contributed by atoms with Crippen molar-refractivity contribution >= 4 is 11.6 Å². The van der Waals surface area contributed by atoms with Gasteiger partial charge >= 0.3 is 0 Å². The monoisotopic (exact) mass is 232 g/mol. The van der Waals surface area contributed by atoms with Gasteiger partial charge in [0.1, 0.15) is 0 Å². The number of rotatable bonds is 4. The third-order valence-corrected chi connectivity index (χ3v) is 3.34. The van der Waals surface area contributed by atoms with Crippen LogP contribution in [-0.2, 0) is 11.2 Å². The van der Waals surface area contributed by atoms with E-state index in [1.165, 1.54) is 18.4 Å². The summed E-state index contributed by atoms with van der Waals surface area (Å²) in [6, 6.07) is 8.15. The van der Waals surface area contributed by atoms with Crippen molar-refractivity contribution in [3.05, 3.63) is 29.8 Å². The van der Waals surface area contributed by atoms with Gasteiger partial charge in [0.2, 0.25) is 5.91 Å². The highest BCUT2D eigenvalue weighted by Crippen LogP contribution is 2.17. The molecule has 92 valence electrons. The van der Waals surface area contributed by atoms with Crippen molar-refractivity contribution in [3.63, 3.8) is 0 Å². The van der Waals surface area contributed by atoms with E-state index < -0.39 is 0 Å². The smallest absolute Gasteiger partial charge is 0.220 e. The normalized spacial score (nSPS) is 16.0. The number of benzene rings is 1. The molecular weight excluding hydrogens is 212 g/mol. The van der Waals surface area contributed by atoms with Crippen LogP contribution in [-0.4, -0.2) is 11.9 Å². The van der Waals surface area contributed by atoms with E-state index in [1.54, 1.807) is 0 Å². The maximum atomic E-state index is 11.7. The summed E-state index contributed by atoms with van der Waals surface area (Å²) in [6.45, 7) is 0. The molecule has 1 fully saturated rings. The molecule has 0 saturated heterocycles. The van der Waals surface area contributed by atoms with Crippen molar-refractivity contribution in [1.82, 2.24) is 5.32 Å². The number of carbonyl (C=O) groups excluding carboxylic acids is 1. The molecule has 1 aliphatic rings. The predicted molar refractivity (Wildman–Crippen MR) is 69.6 cm³/mol. The Morgan fingerprint density at radius 1 is 1.24 bits per heavy atom. The first-order chi connectivity index (χ1) is 8.24. The molecule has 0 heterocycles. The Balaban J connectivity index is 1.73. The summed E-state index contributed by atoms with van der Waals surface area (Å²) in [7, 11) is 0. The van der Waals surface area contributed by atoms with E-state index in [0.29, 0.717) is 12.5 Å². The molecule has 0 bridgehead atoms. The molecule has 1 saturated carbocycles. The molecule has 0 aromatic heterocycles. The summed E-state index contributed by atoms with van der Waals surface area (Å²) >= 11 is 0. The Bertz CT molecular complexity index is 366. The summed E-state index contributed by atoms with van der Waals surface area (Å²) in [6.07, 6.45) is 6.16. The van der Waals surface area contributed by atoms with Crippen molar-refractivity contribution in [1.29, 1.82) is 0 Å². The molecule has 1 aliphatic carbocycles. The minimum Gasteiger partial charge on any atom is -0.399 e. The molecule has 3 N–H and O–H groups in total. The van der Waals surface area contributed by atoms with Crippen molar-refractivity contribution < 1.29 is 4.79 Å². The van der Waals surface area contributed by atoms with Crippen LogP contribution in [0.3, 0.4) is 0 Å². The summed E-state index contributed by atoms with van der Waals surface area (Å²) in [4.78, 5) is 11.7. The quantitative estimate of drug-likeness (QED) is 0.782. The fraction of sp³-hybridized carbons (Fsp3) is 0.500. The summed E-state index contributed by atoms with van der Waals surface area (Å²) in [5.74, 6) is 0.175. The fourth-order valence-corrected chi connectivity index (χ4v) is 2.31. The Morgan fingerprint density at radius 3 is 2.53 bits per heavy atom. The molecule has 3 nitrogen and oxygen atoms in total. The number of carbonyl (C=O) groups is 1. The van der Waals surface area contributed by atoms with Gasteiger partial charge in [0.15, 0.2) is 0 Å². The highest BCUT2D eigenvalue weighted by atomic mass is 16.1. The van der Waals surface area contributed by atoms with Gasteiger partial charge < -0.3 is 11.1 Å². The lowest BCUT2D eigenvalue weighted by molar-refractivity contribution is -0.121. The van der Waals surface area contributed by atoms with Crippen LogP contribution in [0.1, 0.15) is 37.7 Å². The first-order valence-corrected chi connectivity index (χ1v) is 6.38. The molecule has 17 heavy (non-hydrogen) atoms. The van der Waals surface area contributed by atoms with Crippen LogP contribution in [0, 0.1) is 0 Å². The molecular formula is C14H20N2O. The lowest BCUT2D eigenvalue weighted by atomic mass is 10.1. The highest BCUT2D eigenvalue weighted by Gasteiger charge is 2.16. The zero-order valence-corrected chi connectivity index (χ0v) is 10.1. The number of hydrogen-bond donors (Lipinski definition) is 2. The Kier molecular flexibility index (Phi) is 4.02. The number of aryl methyl sites for hydroxylation is 1. The van der Waals surface area contributed by atoms with Crippen LogP contribution in [0.2, 0.25) is 0 Å². The van der Waals surface area contributed by atoms with Crippen LogP contribution < -0.4 is 11.1 Å². The topological polar surface area (TPSA) is 55.1 Å². The average molecular weight is 232 g/mol. The van der Waals surface area contributed by atoms with Gasteiger partial charge in [-0.2, -0.15) is 0 Å². The van der Waals surface area contributed by atoms with Crippen molar-refractivity contribution in [3.8, 4) is 0 Å². The molecule has 0 atom stereocenters. The van der Waals surface area contributed by atoms with Crippen molar-refractivity contribution in [2.75, 3.05) is 5.73 Å². The fourth-order valence-electron chi connectivity index (χ4n) is 2.31. The van der Waals surface area contributed by atoms with E-state index in [-0.39, 0.29) is 5.91 Å². The maximum Gasteiger partial charge on any atom is 0.220 e. The number of nitrogens with two attached hydrogens (primary N) is 1. The second kappa shape index (κ2) is 5.71. The molecule has 1 aromatic carbocycles. The zero-order valence-electron chi connectivity index (χ0n) is 10.1. The highest BCUT2D eigenvalue weighted by molar-refractivity contribution is 5.76. The van der Waals surface area contributed by atoms with Crippen LogP contribution in [0.15, 0.2) is 24.3 Å². The van der Waals surface area contributed by atoms with E-state index in [0.717, 1.165) is 24.9 Å². The van der Waals surface area contributed by atoms with Gasteiger partial charge in [-0.25, -0.2) is 0 Å². The third-order valence-electron chi connectivity index (χ3n) is 3.34. The van der Waals surface area contributed by atoms with Gasteiger partial charge in [-0.1, -0.05) is 25.0 Å². The zero-order chi connectivity index (χ0) is 12.1. The minimum absolute atomic E-state index is 0.175. The third kappa shape index (κ3) is 3.77. The van der Waals surface area contributed by atoms with Crippen LogP contribution >= 0.6 is 0 Å². The molecule has 0 aliphatic heterocycles. The predicted octanol–water partition coefficient (Wildman–Crippen LogP) is 2.26. The standard InChI is InChI=1S/C14H20N2O/c15-12-8-5-11(6-9-12)7-10-14(17)16-13-3-1-2-4-13/h5-6,8-9,13H,1-4,7,10,15H2,(H,16,17). The van der Waals surface area contributed by atoms with Gasteiger partial charge in [-0.3, -0.25) is 4.79 Å². The summed E-state index contributed by atoms with van der Waals surface area (Å²) < 4.78 is 0. The largest absolute Gasteiger partial charge is 0.399 e. The number of nitrogen functional groups attached to an aromatic ring is 1. The van der Waals surface area contributed by atoms with Gasteiger partial charge in [-0.05, 0) is 37.0 Å². The molecule has 0 unspecified atom stereocenters. The first kappa shape index (κ1) is 12.0. The minimum atomic E-state index is 0.175. The van der Waals surface area contributed by atoms with Gasteiger partial charge in [0, 0.05) is 18.2 Å². The number of hydrogen-bond acceptors (Lipinski definition) is 2. The van der Waals surface area contributed by atoms with Crippen LogP contribution in [0.25, 0.3) is 0 Å². The number of amides is 1. The van der Waals surface area contributed by atoms with Crippen LogP contribution in [0.5, 0.6) is 0 Å². The number of anilines is 1. The van der Waals surface area contributed by atoms with E-state index in [9.17, 15) is 4.79 Å². The lowest BCUT2D eigenvalue weighted by Crippen LogP contribution is -2.32. The SMILES string of the molecule is Nc1ccc(CCC(=O)NC2CCCC2)cc1. The molecule has 0 radical (unpaired) electrons. The maximum absolute atomic E-state index is 11.7. The Morgan fingerprint density at radius 2 is 1.88 bits per heavy atom. The van der Waals surface area contributed by atoms with Crippen LogP contribution in [0.4, 0.5) is 5.69 Å². The summed E-state index contributed by atoms with van der Waals surface area (Å²) in [5.41, 5.74) is 7.55. The Labute approximate surface area is 102 Å². The van der Waals surface area contributed by atoms with E-state index in [4.69, 9.17) is 5.73 Å². The first-order valence-electron chi connectivity index (χ1n) is 6.38. The molecule has 1 amide bonds. The van der Waals surface area contributed by atoms with Crippen molar-refractivity contribution in [2.45, 2.75) is 44.6 Å².